The minimum atomic E-state index is -0.543. The molecule has 1 fully saturated rings. The average molecular weight is 244 g/mol. The lowest BCUT2D eigenvalue weighted by atomic mass is 10.2. The molecule has 0 saturated carbocycles. The molecule has 86 valence electrons. The minimum absolute atomic E-state index is 0.130. The summed E-state index contributed by atoms with van der Waals surface area (Å²) in [4.78, 5) is 11.6. The Morgan fingerprint density at radius 3 is 3.00 bits per heavy atom. The van der Waals surface area contributed by atoms with Gasteiger partial charge >= 0.3 is 0 Å². The molecule has 1 atom stereocenters. The van der Waals surface area contributed by atoms with E-state index in [-0.39, 0.29) is 11.6 Å². The summed E-state index contributed by atoms with van der Waals surface area (Å²) in [5, 5.41) is 2.78. The predicted octanol–water partition coefficient (Wildman–Crippen LogP) is 2.60. The van der Waals surface area contributed by atoms with Crippen LogP contribution < -0.4 is 5.32 Å². The summed E-state index contributed by atoms with van der Waals surface area (Å²) in [7, 11) is 0. The molecular weight excluding hydrogens is 233 g/mol. The Labute approximate surface area is 97.5 Å². The number of ether oxygens (including phenoxy) is 1. The van der Waals surface area contributed by atoms with Crippen molar-refractivity contribution in [1.82, 2.24) is 0 Å². The van der Waals surface area contributed by atoms with E-state index in [1.165, 1.54) is 12.1 Å². The lowest BCUT2D eigenvalue weighted by Gasteiger charge is -2.10. The van der Waals surface area contributed by atoms with Crippen LogP contribution in [0, 0.1) is 5.82 Å². The summed E-state index contributed by atoms with van der Waals surface area (Å²) >= 11 is 5.60. The third-order valence-corrected chi connectivity index (χ3v) is 2.65. The van der Waals surface area contributed by atoms with Crippen LogP contribution in [-0.4, -0.2) is 18.6 Å². The van der Waals surface area contributed by atoms with Gasteiger partial charge in [-0.05, 0) is 31.0 Å². The first kappa shape index (κ1) is 11.4. The van der Waals surface area contributed by atoms with Crippen molar-refractivity contribution in [2.45, 2.75) is 18.9 Å². The number of amides is 1. The maximum Gasteiger partial charge on any atom is 0.253 e. The van der Waals surface area contributed by atoms with E-state index in [1.54, 1.807) is 0 Å². The number of hydrogen-bond donors (Lipinski definition) is 1. The highest BCUT2D eigenvalue weighted by Gasteiger charge is 2.24. The molecule has 1 aromatic carbocycles. The molecule has 0 spiro atoms. The van der Waals surface area contributed by atoms with E-state index in [9.17, 15) is 9.18 Å². The fraction of sp³-hybridized carbons (Fsp3) is 0.364. The summed E-state index contributed by atoms with van der Waals surface area (Å²) in [6.45, 7) is 0.585. The Morgan fingerprint density at radius 1 is 1.56 bits per heavy atom. The zero-order valence-corrected chi connectivity index (χ0v) is 9.26. The topological polar surface area (TPSA) is 38.3 Å². The number of carbonyl (C=O) groups is 1. The van der Waals surface area contributed by atoms with E-state index in [2.05, 4.69) is 5.32 Å². The third kappa shape index (κ3) is 2.51. The smallest absolute Gasteiger partial charge is 0.253 e. The zero-order valence-electron chi connectivity index (χ0n) is 8.50. The zero-order chi connectivity index (χ0) is 11.5. The van der Waals surface area contributed by atoms with Crippen molar-refractivity contribution in [1.29, 1.82) is 0 Å². The standard InChI is InChI=1S/C11H11ClFNO2/c12-7-3-4-9(8(13)6-7)14-11(15)10-2-1-5-16-10/h3-4,6,10H,1-2,5H2,(H,14,15)/t10-/m0/s1. The van der Waals surface area contributed by atoms with E-state index in [4.69, 9.17) is 16.3 Å². The van der Waals surface area contributed by atoms with Crippen LogP contribution in [0.15, 0.2) is 18.2 Å². The van der Waals surface area contributed by atoms with E-state index in [1.807, 2.05) is 0 Å². The molecule has 0 bridgehead atoms. The Bertz CT molecular complexity index is 405. The van der Waals surface area contributed by atoms with Gasteiger partial charge in [0, 0.05) is 11.6 Å². The maximum absolute atomic E-state index is 13.4. The molecule has 0 aliphatic carbocycles. The molecule has 1 heterocycles. The number of halogens is 2. The van der Waals surface area contributed by atoms with E-state index in [0.717, 1.165) is 12.5 Å². The van der Waals surface area contributed by atoms with Gasteiger partial charge in [-0.3, -0.25) is 4.79 Å². The molecule has 1 N–H and O–H groups in total. The van der Waals surface area contributed by atoms with Gasteiger partial charge in [0.2, 0.25) is 0 Å². The molecule has 5 heteroatoms. The molecule has 1 aromatic rings. The average Bonchev–Trinajstić information content (AvgIpc) is 2.75. The van der Waals surface area contributed by atoms with E-state index in [0.29, 0.717) is 18.1 Å². The van der Waals surface area contributed by atoms with Crippen molar-refractivity contribution in [3.05, 3.63) is 29.0 Å². The molecule has 1 aliphatic rings. The fourth-order valence-electron chi connectivity index (χ4n) is 1.59. The SMILES string of the molecule is O=C(Nc1ccc(Cl)cc1F)[C@@H]1CCCO1. The normalized spacial score (nSPS) is 19.8. The monoisotopic (exact) mass is 243 g/mol. The summed E-state index contributed by atoms with van der Waals surface area (Å²) in [6, 6.07) is 4.12. The lowest BCUT2D eigenvalue weighted by Crippen LogP contribution is -2.27. The van der Waals surface area contributed by atoms with Crippen LogP contribution in [-0.2, 0) is 9.53 Å². The van der Waals surface area contributed by atoms with Crippen LogP contribution in [0.4, 0.5) is 10.1 Å². The second-order valence-electron chi connectivity index (χ2n) is 3.62. The summed E-state index contributed by atoms with van der Waals surface area (Å²) in [5.74, 6) is -0.849. The maximum atomic E-state index is 13.4. The van der Waals surface area contributed by atoms with Crippen molar-refractivity contribution in [3.63, 3.8) is 0 Å². The van der Waals surface area contributed by atoms with E-state index < -0.39 is 11.9 Å². The van der Waals surface area contributed by atoms with E-state index >= 15 is 0 Å². The first-order valence-corrected chi connectivity index (χ1v) is 5.42. The van der Waals surface area contributed by atoms with Crippen molar-refractivity contribution >= 4 is 23.2 Å². The minimum Gasteiger partial charge on any atom is -0.368 e. The number of anilines is 1. The molecule has 2 rings (SSSR count). The molecular formula is C11H11ClFNO2. The van der Waals surface area contributed by atoms with Crippen molar-refractivity contribution < 1.29 is 13.9 Å². The molecule has 1 saturated heterocycles. The molecule has 0 aromatic heterocycles. The van der Waals surface area contributed by atoms with Gasteiger partial charge in [0.15, 0.2) is 0 Å². The van der Waals surface area contributed by atoms with Gasteiger partial charge < -0.3 is 10.1 Å². The van der Waals surface area contributed by atoms with Gasteiger partial charge in [-0.2, -0.15) is 0 Å². The predicted molar refractivity (Wildman–Crippen MR) is 59.0 cm³/mol. The van der Waals surface area contributed by atoms with Crippen LogP contribution in [0.2, 0.25) is 5.02 Å². The van der Waals surface area contributed by atoms with Crippen molar-refractivity contribution in [3.8, 4) is 0 Å². The molecule has 1 amide bonds. The number of nitrogens with one attached hydrogen (secondary N) is 1. The first-order chi connectivity index (χ1) is 7.66. The number of carbonyl (C=O) groups excluding carboxylic acids is 1. The summed E-state index contributed by atoms with van der Waals surface area (Å²) in [5.41, 5.74) is 0.130. The quantitative estimate of drug-likeness (QED) is 0.867. The largest absolute Gasteiger partial charge is 0.368 e. The molecule has 1 aliphatic heterocycles. The van der Waals surface area contributed by atoms with Crippen LogP contribution in [0.3, 0.4) is 0 Å². The second-order valence-corrected chi connectivity index (χ2v) is 4.05. The van der Waals surface area contributed by atoms with Crippen LogP contribution in [0.5, 0.6) is 0 Å². The molecule has 3 nitrogen and oxygen atoms in total. The lowest BCUT2D eigenvalue weighted by molar-refractivity contribution is -0.124. The number of benzene rings is 1. The summed E-state index contributed by atoms with van der Waals surface area (Å²) < 4.78 is 18.5. The highest BCUT2D eigenvalue weighted by Crippen LogP contribution is 2.20. The fourth-order valence-corrected chi connectivity index (χ4v) is 1.75. The van der Waals surface area contributed by atoms with Gasteiger partial charge in [-0.15, -0.1) is 0 Å². The van der Waals surface area contributed by atoms with Crippen LogP contribution in [0.1, 0.15) is 12.8 Å². The molecule has 0 radical (unpaired) electrons. The Kier molecular flexibility index (Phi) is 3.41. The van der Waals surface area contributed by atoms with Gasteiger partial charge in [0.1, 0.15) is 11.9 Å². The Hall–Kier alpha value is -1.13. The van der Waals surface area contributed by atoms with Gasteiger partial charge in [0.25, 0.3) is 5.91 Å². The van der Waals surface area contributed by atoms with Crippen molar-refractivity contribution in [2.75, 3.05) is 11.9 Å². The molecule has 16 heavy (non-hydrogen) atoms. The number of rotatable bonds is 2. The summed E-state index contributed by atoms with van der Waals surface area (Å²) in [6.07, 6.45) is 1.08. The van der Waals surface area contributed by atoms with Gasteiger partial charge in [-0.1, -0.05) is 11.6 Å². The highest BCUT2D eigenvalue weighted by atomic mass is 35.5. The number of hydrogen-bond acceptors (Lipinski definition) is 2. The first-order valence-electron chi connectivity index (χ1n) is 5.04. The van der Waals surface area contributed by atoms with Gasteiger partial charge in [0.05, 0.1) is 5.69 Å². The Morgan fingerprint density at radius 2 is 2.38 bits per heavy atom. The van der Waals surface area contributed by atoms with Crippen molar-refractivity contribution in [2.24, 2.45) is 0 Å². The van der Waals surface area contributed by atoms with Gasteiger partial charge in [-0.25, -0.2) is 4.39 Å². The second kappa shape index (κ2) is 4.80. The van der Waals surface area contributed by atoms with Crippen LogP contribution >= 0.6 is 11.6 Å². The Balaban J connectivity index is 2.05. The third-order valence-electron chi connectivity index (χ3n) is 2.41. The molecule has 0 unspecified atom stereocenters. The van der Waals surface area contributed by atoms with Crippen LogP contribution in [0.25, 0.3) is 0 Å². The highest BCUT2D eigenvalue weighted by molar-refractivity contribution is 6.30.